The molecule has 102 valence electrons. The second-order valence-electron chi connectivity index (χ2n) is 2.59. The van der Waals surface area contributed by atoms with Gasteiger partial charge in [0.05, 0.1) is 4.91 Å². The Bertz CT molecular complexity index is 478. The SMILES string of the molecule is C=C/C=C(OS(=O)(=O)C(F)(F)F)\C(=C/C=C)SI. The van der Waals surface area contributed by atoms with E-state index in [1.165, 1.54) is 12.2 Å². The fourth-order valence-corrected chi connectivity index (χ4v) is 2.63. The summed E-state index contributed by atoms with van der Waals surface area (Å²) in [5, 5.41) is 0. The standard InChI is InChI=1S/C9H8F3IO3S2/c1-3-5-7(8(17-13)6-4-2)16-18(14,15)9(10,11)12/h3-6H,1-2H2/b7-5+,8-6+. The van der Waals surface area contributed by atoms with Crippen LogP contribution < -0.4 is 0 Å². The van der Waals surface area contributed by atoms with Crippen molar-refractivity contribution in [3.8, 4) is 0 Å². The third-order valence-electron chi connectivity index (χ3n) is 1.35. The molecule has 0 aromatic heterocycles. The van der Waals surface area contributed by atoms with Gasteiger partial charge in [-0.3, -0.25) is 0 Å². The summed E-state index contributed by atoms with van der Waals surface area (Å²) in [5.41, 5.74) is -5.48. The van der Waals surface area contributed by atoms with E-state index in [0.717, 1.165) is 21.1 Å². The van der Waals surface area contributed by atoms with Crippen LogP contribution in [0.5, 0.6) is 0 Å². The van der Waals surface area contributed by atoms with Crippen LogP contribution in [0.15, 0.2) is 48.1 Å². The van der Waals surface area contributed by atoms with Gasteiger partial charge in [-0.25, -0.2) is 0 Å². The molecule has 0 spiro atoms. The van der Waals surface area contributed by atoms with Crippen molar-refractivity contribution in [1.82, 2.24) is 0 Å². The molecule has 3 nitrogen and oxygen atoms in total. The monoisotopic (exact) mass is 412 g/mol. The lowest BCUT2D eigenvalue weighted by molar-refractivity contribution is -0.0519. The third kappa shape index (κ3) is 5.06. The lowest BCUT2D eigenvalue weighted by atomic mass is 10.4. The maximum absolute atomic E-state index is 12.2. The van der Waals surface area contributed by atoms with Crippen LogP contribution in [0, 0.1) is 0 Å². The van der Waals surface area contributed by atoms with Gasteiger partial charge in [0.2, 0.25) is 0 Å². The fraction of sp³-hybridized carbons (Fsp3) is 0.111. The van der Waals surface area contributed by atoms with E-state index in [-0.39, 0.29) is 4.91 Å². The smallest absolute Gasteiger partial charge is 0.375 e. The van der Waals surface area contributed by atoms with Gasteiger partial charge in [0.25, 0.3) is 0 Å². The highest BCUT2D eigenvalue weighted by atomic mass is 127. The fourth-order valence-electron chi connectivity index (χ4n) is 0.676. The molecule has 9 heteroatoms. The first-order valence-electron chi connectivity index (χ1n) is 4.14. The van der Waals surface area contributed by atoms with Crippen LogP contribution in [0.25, 0.3) is 0 Å². The number of hydrogen-bond acceptors (Lipinski definition) is 4. The van der Waals surface area contributed by atoms with Crippen LogP contribution in [0.1, 0.15) is 0 Å². The molecule has 0 unspecified atom stereocenters. The second kappa shape index (κ2) is 7.24. The van der Waals surface area contributed by atoms with Crippen LogP contribution in [0.3, 0.4) is 0 Å². The molecule has 0 radical (unpaired) electrons. The average molecular weight is 412 g/mol. The largest absolute Gasteiger partial charge is 0.534 e. The van der Waals surface area contributed by atoms with Crippen LogP contribution in [-0.4, -0.2) is 13.9 Å². The molecule has 0 aliphatic carbocycles. The Labute approximate surface area is 119 Å². The molecule has 0 saturated carbocycles. The quantitative estimate of drug-likeness (QED) is 0.217. The number of hydrogen-bond donors (Lipinski definition) is 0. The average Bonchev–Trinajstić information content (AvgIpc) is 2.23. The van der Waals surface area contributed by atoms with E-state index < -0.39 is 21.4 Å². The van der Waals surface area contributed by atoms with E-state index in [0.29, 0.717) is 0 Å². The molecule has 0 bridgehead atoms. The van der Waals surface area contributed by atoms with E-state index in [1.54, 1.807) is 21.2 Å². The summed E-state index contributed by atoms with van der Waals surface area (Å²) in [6.45, 7) is 6.64. The van der Waals surface area contributed by atoms with Crippen molar-refractivity contribution in [1.29, 1.82) is 0 Å². The Balaban J connectivity index is 5.46. The van der Waals surface area contributed by atoms with Crippen LogP contribution in [0.2, 0.25) is 0 Å². The van der Waals surface area contributed by atoms with Crippen molar-refractivity contribution in [2.75, 3.05) is 0 Å². The van der Waals surface area contributed by atoms with Crippen molar-refractivity contribution in [3.05, 3.63) is 48.1 Å². The lowest BCUT2D eigenvalue weighted by Gasteiger charge is -2.12. The molecule has 0 aromatic rings. The molecule has 0 heterocycles. The Morgan fingerprint density at radius 1 is 1.22 bits per heavy atom. The lowest BCUT2D eigenvalue weighted by Crippen LogP contribution is -2.25. The predicted molar refractivity (Wildman–Crippen MR) is 74.2 cm³/mol. The molecule has 0 saturated heterocycles. The summed E-state index contributed by atoms with van der Waals surface area (Å²) < 4.78 is 62.3. The Morgan fingerprint density at radius 2 is 1.72 bits per heavy atom. The van der Waals surface area contributed by atoms with Gasteiger partial charge < -0.3 is 4.18 Å². The molecular weight excluding hydrogens is 404 g/mol. The molecular formula is C9H8F3IO3S2. The van der Waals surface area contributed by atoms with Gasteiger partial charge >= 0.3 is 15.6 Å². The van der Waals surface area contributed by atoms with Gasteiger partial charge in [0.15, 0.2) is 5.76 Å². The first-order valence-corrected chi connectivity index (χ1v) is 8.91. The van der Waals surface area contributed by atoms with Gasteiger partial charge in [0.1, 0.15) is 0 Å². The van der Waals surface area contributed by atoms with Gasteiger partial charge in [-0.05, 0) is 21.1 Å². The van der Waals surface area contributed by atoms with E-state index in [1.807, 2.05) is 0 Å². The summed E-state index contributed by atoms with van der Waals surface area (Å²) >= 11 is 1.77. The third-order valence-corrected chi connectivity index (χ3v) is 4.24. The van der Waals surface area contributed by atoms with Crippen molar-refractivity contribution < 1.29 is 25.8 Å². The second-order valence-corrected chi connectivity index (χ2v) is 6.05. The molecule has 0 aliphatic rings. The van der Waals surface area contributed by atoms with E-state index in [2.05, 4.69) is 17.3 Å². The van der Waals surface area contributed by atoms with E-state index in [4.69, 9.17) is 0 Å². The minimum atomic E-state index is -5.70. The summed E-state index contributed by atoms with van der Waals surface area (Å²) in [4.78, 5) is 0.165. The van der Waals surface area contributed by atoms with Crippen molar-refractivity contribution >= 4 is 40.3 Å². The minimum absolute atomic E-state index is 0.165. The number of rotatable bonds is 6. The van der Waals surface area contributed by atoms with Crippen molar-refractivity contribution in [2.24, 2.45) is 0 Å². The molecule has 0 N–H and O–H groups in total. The molecule has 18 heavy (non-hydrogen) atoms. The zero-order valence-electron chi connectivity index (χ0n) is 8.78. The highest BCUT2D eigenvalue weighted by Gasteiger charge is 2.49. The molecule has 0 fully saturated rings. The van der Waals surface area contributed by atoms with Gasteiger partial charge in [0, 0.05) is 21.2 Å². The molecule has 0 rings (SSSR count). The minimum Gasteiger partial charge on any atom is -0.375 e. The maximum atomic E-state index is 12.2. The Kier molecular flexibility index (Phi) is 7.07. The Morgan fingerprint density at radius 3 is 2.06 bits per heavy atom. The van der Waals surface area contributed by atoms with E-state index in [9.17, 15) is 21.6 Å². The van der Waals surface area contributed by atoms with E-state index >= 15 is 0 Å². The first kappa shape index (κ1) is 17.6. The molecule has 0 atom stereocenters. The summed E-state index contributed by atoms with van der Waals surface area (Å²) in [5.74, 6) is -0.471. The summed E-state index contributed by atoms with van der Waals surface area (Å²) in [6.07, 6.45) is 4.75. The predicted octanol–water partition coefficient (Wildman–Crippen LogP) is 4.08. The zero-order valence-corrected chi connectivity index (χ0v) is 12.6. The molecule has 0 amide bonds. The summed E-state index contributed by atoms with van der Waals surface area (Å²) in [6, 6.07) is 0. The normalized spacial score (nSPS) is 14.2. The van der Waals surface area contributed by atoms with Gasteiger partial charge in [-0.2, -0.15) is 21.6 Å². The topological polar surface area (TPSA) is 43.4 Å². The van der Waals surface area contributed by atoms with Gasteiger partial charge in [-0.15, -0.1) is 0 Å². The van der Waals surface area contributed by atoms with Crippen LogP contribution >= 0.6 is 30.1 Å². The van der Waals surface area contributed by atoms with Crippen molar-refractivity contribution in [2.45, 2.75) is 5.51 Å². The molecule has 0 aliphatic heterocycles. The highest BCUT2D eigenvalue weighted by Crippen LogP contribution is 2.35. The molecule has 0 aromatic carbocycles. The first-order chi connectivity index (χ1) is 8.19. The number of alkyl halides is 3. The summed E-state index contributed by atoms with van der Waals surface area (Å²) in [7, 11) is -4.72. The maximum Gasteiger partial charge on any atom is 0.534 e. The van der Waals surface area contributed by atoms with Crippen LogP contribution in [-0.2, 0) is 14.3 Å². The van der Waals surface area contributed by atoms with Crippen LogP contribution in [0.4, 0.5) is 13.2 Å². The number of allylic oxidation sites excluding steroid dienone is 4. The zero-order chi connectivity index (χ0) is 14.4. The number of halogens is 4. The highest BCUT2D eigenvalue weighted by molar-refractivity contribution is 14.2. The van der Waals surface area contributed by atoms with Crippen molar-refractivity contribution in [3.63, 3.8) is 0 Å². The van der Waals surface area contributed by atoms with Gasteiger partial charge in [-0.1, -0.05) is 25.3 Å². The Hall–Kier alpha value is -0.420.